The second kappa shape index (κ2) is 5.23. The molecule has 1 heterocycles. The van der Waals surface area contributed by atoms with Crippen LogP contribution in [-0.4, -0.2) is 11.7 Å². The standard InChI is InChI=1S/C17H17BrO2/c1-10-8-13(9-11(2)15(10)18)16(19)14-5-3-4-12-6-7-20-17(12)14/h3-5,8-9,16,19H,6-7H2,1-2H3. The van der Waals surface area contributed by atoms with Crippen LogP contribution in [0.2, 0.25) is 0 Å². The Kier molecular flexibility index (Phi) is 3.57. The van der Waals surface area contributed by atoms with Gasteiger partial charge in [-0.25, -0.2) is 0 Å². The van der Waals surface area contributed by atoms with E-state index < -0.39 is 6.10 Å². The van der Waals surface area contributed by atoms with Gasteiger partial charge < -0.3 is 9.84 Å². The Balaban J connectivity index is 2.05. The van der Waals surface area contributed by atoms with E-state index in [1.807, 2.05) is 38.1 Å². The number of ether oxygens (including phenoxy) is 1. The summed E-state index contributed by atoms with van der Waals surface area (Å²) in [4.78, 5) is 0. The molecular formula is C17H17BrO2. The molecule has 2 aromatic rings. The summed E-state index contributed by atoms with van der Waals surface area (Å²) in [5.41, 5.74) is 5.22. The molecule has 0 amide bonds. The molecule has 104 valence electrons. The van der Waals surface area contributed by atoms with Crippen molar-refractivity contribution in [1.82, 2.24) is 0 Å². The number of halogens is 1. The van der Waals surface area contributed by atoms with Gasteiger partial charge in [0, 0.05) is 16.5 Å². The molecule has 2 nitrogen and oxygen atoms in total. The van der Waals surface area contributed by atoms with Gasteiger partial charge >= 0.3 is 0 Å². The van der Waals surface area contributed by atoms with Crippen LogP contribution in [0.3, 0.4) is 0 Å². The summed E-state index contributed by atoms with van der Waals surface area (Å²) in [7, 11) is 0. The maximum absolute atomic E-state index is 10.7. The number of aliphatic hydroxyl groups excluding tert-OH is 1. The highest BCUT2D eigenvalue weighted by atomic mass is 79.9. The van der Waals surface area contributed by atoms with Gasteiger partial charge in [0.15, 0.2) is 0 Å². The fourth-order valence-corrected chi connectivity index (χ4v) is 3.00. The molecule has 0 aliphatic carbocycles. The average Bonchev–Trinajstić information content (AvgIpc) is 2.91. The number of aliphatic hydroxyl groups is 1. The lowest BCUT2D eigenvalue weighted by Gasteiger charge is -2.17. The van der Waals surface area contributed by atoms with Crippen molar-refractivity contribution in [3.8, 4) is 5.75 Å². The molecule has 0 bridgehead atoms. The summed E-state index contributed by atoms with van der Waals surface area (Å²) >= 11 is 3.56. The summed E-state index contributed by atoms with van der Waals surface area (Å²) < 4.78 is 6.79. The quantitative estimate of drug-likeness (QED) is 0.897. The van der Waals surface area contributed by atoms with E-state index in [1.54, 1.807) is 0 Å². The third kappa shape index (κ3) is 2.25. The van der Waals surface area contributed by atoms with Crippen LogP contribution in [0.4, 0.5) is 0 Å². The number of rotatable bonds is 2. The molecule has 20 heavy (non-hydrogen) atoms. The Morgan fingerprint density at radius 2 is 1.90 bits per heavy atom. The highest BCUT2D eigenvalue weighted by Crippen LogP contribution is 2.37. The van der Waals surface area contributed by atoms with Crippen molar-refractivity contribution >= 4 is 15.9 Å². The molecule has 1 atom stereocenters. The van der Waals surface area contributed by atoms with Gasteiger partial charge in [-0.1, -0.05) is 46.3 Å². The molecule has 1 aliphatic heterocycles. The van der Waals surface area contributed by atoms with Crippen molar-refractivity contribution in [2.24, 2.45) is 0 Å². The predicted molar refractivity (Wildman–Crippen MR) is 83.3 cm³/mol. The van der Waals surface area contributed by atoms with Gasteiger partial charge in [0.25, 0.3) is 0 Å². The molecule has 1 aliphatic rings. The van der Waals surface area contributed by atoms with Crippen LogP contribution < -0.4 is 4.74 Å². The first kappa shape index (κ1) is 13.7. The smallest absolute Gasteiger partial charge is 0.128 e. The maximum Gasteiger partial charge on any atom is 0.128 e. The molecule has 1 unspecified atom stereocenters. The number of hydrogen-bond donors (Lipinski definition) is 1. The van der Waals surface area contributed by atoms with Crippen molar-refractivity contribution < 1.29 is 9.84 Å². The molecule has 0 fully saturated rings. The summed E-state index contributed by atoms with van der Waals surface area (Å²) in [6, 6.07) is 10.1. The topological polar surface area (TPSA) is 29.5 Å². The molecule has 0 aromatic heterocycles. The molecule has 0 radical (unpaired) electrons. The normalized spacial score (nSPS) is 14.8. The second-order valence-electron chi connectivity index (χ2n) is 5.31. The minimum Gasteiger partial charge on any atom is -0.493 e. The summed E-state index contributed by atoms with van der Waals surface area (Å²) in [6.45, 7) is 4.79. The number of hydrogen-bond acceptors (Lipinski definition) is 2. The molecule has 0 spiro atoms. The lowest BCUT2D eigenvalue weighted by atomic mass is 9.96. The summed E-state index contributed by atoms with van der Waals surface area (Å²) in [5.74, 6) is 0.859. The van der Waals surface area contributed by atoms with E-state index in [0.29, 0.717) is 6.61 Å². The van der Waals surface area contributed by atoms with Crippen molar-refractivity contribution in [2.45, 2.75) is 26.4 Å². The lowest BCUT2D eigenvalue weighted by Crippen LogP contribution is -2.03. The largest absolute Gasteiger partial charge is 0.493 e. The van der Waals surface area contributed by atoms with Crippen LogP contribution in [-0.2, 0) is 6.42 Å². The van der Waals surface area contributed by atoms with Crippen molar-refractivity contribution in [3.63, 3.8) is 0 Å². The first-order chi connectivity index (χ1) is 9.58. The summed E-state index contributed by atoms with van der Waals surface area (Å²) in [6.07, 6.45) is 0.280. The molecule has 3 heteroatoms. The Hall–Kier alpha value is -1.32. The van der Waals surface area contributed by atoms with Crippen LogP contribution >= 0.6 is 15.9 Å². The molecular weight excluding hydrogens is 316 g/mol. The summed E-state index contributed by atoms with van der Waals surface area (Å²) in [5, 5.41) is 10.7. The number of benzene rings is 2. The van der Waals surface area contributed by atoms with Gasteiger partial charge in [-0.05, 0) is 36.1 Å². The van der Waals surface area contributed by atoms with E-state index in [-0.39, 0.29) is 0 Å². The highest BCUT2D eigenvalue weighted by Gasteiger charge is 2.22. The predicted octanol–water partition coefficient (Wildman–Crippen LogP) is 4.08. The van der Waals surface area contributed by atoms with Gasteiger partial charge in [0.05, 0.1) is 6.61 Å². The van der Waals surface area contributed by atoms with Crippen molar-refractivity contribution in [3.05, 3.63) is 62.6 Å². The number of para-hydroxylation sites is 1. The number of aryl methyl sites for hydroxylation is 2. The van der Waals surface area contributed by atoms with Gasteiger partial charge in [-0.15, -0.1) is 0 Å². The van der Waals surface area contributed by atoms with E-state index in [1.165, 1.54) is 5.56 Å². The average molecular weight is 333 g/mol. The van der Waals surface area contributed by atoms with Crippen molar-refractivity contribution in [2.75, 3.05) is 6.61 Å². The molecule has 1 N–H and O–H groups in total. The van der Waals surface area contributed by atoms with E-state index in [4.69, 9.17) is 4.74 Å². The van der Waals surface area contributed by atoms with Crippen molar-refractivity contribution in [1.29, 1.82) is 0 Å². The molecule has 0 saturated heterocycles. The Morgan fingerprint density at radius 1 is 1.20 bits per heavy atom. The first-order valence-corrected chi connectivity index (χ1v) is 7.56. The minimum atomic E-state index is -0.645. The van der Waals surface area contributed by atoms with Gasteiger partial charge in [0.1, 0.15) is 11.9 Å². The third-order valence-corrected chi connectivity index (χ3v) is 5.06. The minimum absolute atomic E-state index is 0.645. The van der Waals surface area contributed by atoms with E-state index in [9.17, 15) is 5.11 Å². The molecule has 3 rings (SSSR count). The van der Waals surface area contributed by atoms with Crippen LogP contribution in [0, 0.1) is 13.8 Å². The van der Waals surface area contributed by atoms with E-state index in [2.05, 4.69) is 22.0 Å². The SMILES string of the molecule is Cc1cc(C(O)c2cccc3c2OCC3)cc(C)c1Br. The van der Waals surface area contributed by atoms with Crippen LogP contribution in [0.1, 0.15) is 33.9 Å². The first-order valence-electron chi connectivity index (χ1n) is 6.77. The number of fused-ring (bicyclic) bond motifs is 1. The zero-order chi connectivity index (χ0) is 14.3. The lowest BCUT2D eigenvalue weighted by molar-refractivity contribution is 0.213. The fraction of sp³-hybridized carbons (Fsp3) is 0.294. The van der Waals surface area contributed by atoms with Crippen LogP contribution in [0.5, 0.6) is 5.75 Å². The van der Waals surface area contributed by atoms with E-state index in [0.717, 1.165) is 38.9 Å². The fourth-order valence-electron chi connectivity index (χ4n) is 2.77. The van der Waals surface area contributed by atoms with E-state index >= 15 is 0 Å². The maximum atomic E-state index is 10.7. The molecule has 0 saturated carbocycles. The van der Waals surface area contributed by atoms with Gasteiger partial charge in [-0.3, -0.25) is 0 Å². The molecule has 2 aromatic carbocycles. The Morgan fingerprint density at radius 3 is 2.60 bits per heavy atom. The zero-order valence-corrected chi connectivity index (χ0v) is 13.2. The van der Waals surface area contributed by atoms with Gasteiger partial charge in [-0.2, -0.15) is 0 Å². The van der Waals surface area contributed by atoms with Gasteiger partial charge in [0.2, 0.25) is 0 Å². The monoisotopic (exact) mass is 332 g/mol. The highest BCUT2D eigenvalue weighted by molar-refractivity contribution is 9.10. The third-order valence-electron chi connectivity index (χ3n) is 3.81. The van der Waals surface area contributed by atoms with Crippen LogP contribution in [0.15, 0.2) is 34.8 Å². The Bertz CT molecular complexity index is 641. The van der Waals surface area contributed by atoms with Crippen LogP contribution in [0.25, 0.3) is 0 Å². The Labute approximate surface area is 127 Å². The second-order valence-corrected chi connectivity index (χ2v) is 6.10. The zero-order valence-electron chi connectivity index (χ0n) is 11.6.